The van der Waals surface area contributed by atoms with E-state index in [0.717, 1.165) is 23.8 Å². The van der Waals surface area contributed by atoms with Crippen LogP contribution < -0.4 is 9.44 Å². The van der Waals surface area contributed by atoms with E-state index in [1.54, 1.807) is 11.3 Å². The number of hydrogen-bond acceptors (Lipinski definition) is 3. The number of rotatable bonds is 7. The maximum atomic E-state index is 11.7. The molecule has 1 aromatic carbocycles. The smallest absolute Gasteiger partial charge is 0.202 e. The molecule has 0 radical (unpaired) electrons. The monoisotopic (exact) mass is 298 g/mol. The van der Waals surface area contributed by atoms with Gasteiger partial charge in [0, 0.05) is 17.8 Å². The number of hydrogen-bond donors (Lipinski definition) is 2. The summed E-state index contributed by atoms with van der Waals surface area (Å²) in [5.74, 6) is 0. The molecule has 1 heterocycles. The van der Waals surface area contributed by atoms with Crippen LogP contribution in [-0.2, 0) is 16.8 Å². The van der Waals surface area contributed by atoms with Crippen molar-refractivity contribution in [1.82, 2.24) is 9.44 Å². The quantitative estimate of drug-likeness (QED) is 0.772. The van der Waals surface area contributed by atoms with Crippen molar-refractivity contribution in [2.45, 2.75) is 26.3 Å². The number of nitrogens with one attached hydrogen (secondary N) is 2. The lowest BCUT2D eigenvalue weighted by Crippen LogP contribution is -2.36. The molecule has 0 aliphatic carbocycles. The highest BCUT2D eigenvalue weighted by molar-refractivity contribution is 7.87. The molecule has 2 N–H and O–H groups in total. The highest BCUT2D eigenvalue weighted by Crippen LogP contribution is 2.25. The normalized spacial score (nSPS) is 12.1. The molecule has 6 heteroatoms. The summed E-state index contributed by atoms with van der Waals surface area (Å²) in [4.78, 5) is 0. The van der Waals surface area contributed by atoms with E-state index in [4.69, 9.17) is 0 Å². The first kappa shape index (κ1) is 14.5. The van der Waals surface area contributed by atoms with Gasteiger partial charge in [-0.05, 0) is 28.8 Å². The highest BCUT2D eigenvalue weighted by atomic mass is 32.2. The van der Waals surface area contributed by atoms with Crippen LogP contribution in [0.5, 0.6) is 0 Å². The van der Waals surface area contributed by atoms with Crippen LogP contribution in [-0.4, -0.2) is 15.0 Å². The summed E-state index contributed by atoms with van der Waals surface area (Å²) in [6.07, 6.45) is 1.82. The van der Waals surface area contributed by atoms with Crippen molar-refractivity contribution in [2.24, 2.45) is 0 Å². The fourth-order valence-electron chi connectivity index (χ4n) is 1.78. The van der Waals surface area contributed by atoms with Crippen molar-refractivity contribution in [3.63, 3.8) is 0 Å². The Labute approximate surface area is 118 Å². The fraction of sp³-hybridized carbons (Fsp3) is 0.385. The summed E-state index contributed by atoms with van der Waals surface area (Å²) in [5.41, 5.74) is 1.02. The Hall–Kier alpha value is -0.950. The zero-order valence-electron chi connectivity index (χ0n) is 10.8. The van der Waals surface area contributed by atoms with Gasteiger partial charge in [0.2, 0.25) is 0 Å². The maximum absolute atomic E-state index is 11.7. The fourth-order valence-corrected chi connectivity index (χ4v) is 3.60. The summed E-state index contributed by atoms with van der Waals surface area (Å²) >= 11 is 1.63. The van der Waals surface area contributed by atoms with Crippen LogP contribution >= 0.6 is 11.3 Å². The standard InChI is InChI=1S/C13H18N2O2S2/c1-2-3-8-14-19(16,17)15-9-11-10-18-13-7-5-4-6-12(11)13/h4-7,10,14-15H,2-3,8-9H2,1H3. The van der Waals surface area contributed by atoms with Crippen molar-refractivity contribution in [1.29, 1.82) is 0 Å². The van der Waals surface area contributed by atoms with E-state index in [0.29, 0.717) is 13.1 Å². The Morgan fingerprint density at radius 3 is 2.79 bits per heavy atom. The third-order valence-corrected chi connectivity index (χ3v) is 4.96. The summed E-state index contributed by atoms with van der Waals surface area (Å²) in [7, 11) is -3.39. The molecule has 4 nitrogen and oxygen atoms in total. The Morgan fingerprint density at radius 2 is 2.00 bits per heavy atom. The van der Waals surface area contributed by atoms with E-state index in [1.807, 2.05) is 36.6 Å². The first-order valence-corrected chi connectivity index (χ1v) is 8.68. The molecule has 2 aromatic rings. The van der Waals surface area contributed by atoms with Gasteiger partial charge >= 0.3 is 0 Å². The number of fused-ring (bicyclic) bond motifs is 1. The van der Waals surface area contributed by atoms with Gasteiger partial charge in [0.25, 0.3) is 10.2 Å². The van der Waals surface area contributed by atoms with Crippen LogP contribution in [0.4, 0.5) is 0 Å². The Morgan fingerprint density at radius 1 is 1.21 bits per heavy atom. The molecule has 0 fully saturated rings. The Balaban J connectivity index is 1.98. The van der Waals surface area contributed by atoms with E-state index < -0.39 is 10.2 Å². The van der Waals surface area contributed by atoms with E-state index in [1.165, 1.54) is 4.70 Å². The molecular weight excluding hydrogens is 280 g/mol. The van der Waals surface area contributed by atoms with Crippen LogP contribution in [0.2, 0.25) is 0 Å². The lowest BCUT2D eigenvalue weighted by Gasteiger charge is -2.07. The van der Waals surface area contributed by atoms with Gasteiger partial charge in [-0.25, -0.2) is 4.72 Å². The van der Waals surface area contributed by atoms with Crippen molar-refractivity contribution in [3.05, 3.63) is 35.2 Å². The average molecular weight is 298 g/mol. The minimum absolute atomic E-state index is 0.325. The molecule has 2 rings (SSSR count). The summed E-state index contributed by atoms with van der Waals surface area (Å²) in [6.45, 7) is 2.83. The third kappa shape index (κ3) is 4.01. The molecule has 0 bridgehead atoms. The zero-order valence-corrected chi connectivity index (χ0v) is 12.5. The van der Waals surface area contributed by atoms with Crippen LogP contribution in [0.3, 0.4) is 0 Å². The van der Waals surface area contributed by atoms with E-state index in [2.05, 4.69) is 9.44 Å². The lowest BCUT2D eigenvalue weighted by molar-refractivity contribution is 0.563. The molecule has 0 saturated carbocycles. The van der Waals surface area contributed by atoms with E-state index >= 15 is 0 Å². The molecule has 0 amide bonds. The van der Waals surface area contributed by atoms with Gasteiger partial charge in [-0.2, -0.15) is 13.1 Å². The van der Waals surface area contributed by atoms with Crippen LogP contribution in [0, 0.1) is 0 Å². The van der Waals surface area contributed by atoms with Gasteiger partial charge in [0.15, 0.2) is 0 Å². The second-order valence-corrected chi connectivity index (χ2v) is 6.82. The van der Waals surface area contributed by atoms with Crippen molar-refractivity contribution >= 4 is 31.6 Å². The number of unbranched alkanes of at least 4 members (excludes halogenated alkanes) is 1. The van der Waals surface area contributed by atoms with Crippen LogP contribution in [0.25, 0.3) is 10.1 Å². The number of thiophene rings is 1. The lowest BCUT2D eigenvalue weighted by atomic mass is 10.2. The average Bonchev–Trinajstić information content (AvgIpc) is 2.80. The SMILES string of the molecule is CCCCNS(=O)(=O)NCc1csc2ccccc12. The molecule has 0 aliphatic heterocycles. The highest BCUT2D eigenvalue weighted by Gasteiger charge is 2.10. The van der Waals surface area contributed by atoms with Gasteiger partial charge in [0.1, 0.15) is 0 Å². The largest absolute Gasteiger partial charge is 0.277 e. The van der Waals surface area contributed by atoms with Crippen LogP contribution in [0.15, 0.2) is 29.6 Å². The molecular formula is C13H18N2O2S2. The first-order valence-electron chi connectivity index (χ1n) is 6.32. The maximum Gasteiger partial charge on any atom is 0.277 e. The van der Waals surface area contributed by atoms with Gasteiger partial charge < -0.3 is 0 Å². The van der Waals surface area contributed by atoms with Crippen molar-refractivity contribution < 1.29 is 8.42 Å². The minimum Gasteiger partial charge on any atom is -0.202 e. The molecule has 0 unspecified atom stereocenters. The Kier molecular flexibility index (Phi) is 4.93. The summed E-state index contributed by atoms with van der Waals surface area (Å²) in [6, 6.07) is 8.00. The van der Waals surface area contributed by atoms with E-state index in [-0.39, 0.29) is 0 Å². The zero-order chi connectivity index (χ0) is 13.7. The van der Waals surface area contributed by atoms with Crippen molar-refractivity contribution in [3.8, 4) is 0 Å². The van der Waals surface area contributed by atoms with Gasteiger partial charge in [0.05, 0.1) is 0 Å². The van der Waals surface area contributed by atoms with Gasteiger partial charge in [-0.3, -0.25) is 0 Å². The topological polar surface area (TPSA) is 58.2 Å². The van der Waals surface area contributed by atoms with E-state index in [9.17, 15) is 8.42 Å². The third-order valence-electron chi connectivity index (χ3n) is 2.84. The van der Waals surface area contributed by atoms with Gasteiger partial charge in [-0.1, -0.05) is 31.5 Å². The molecule has 19 heavy (non-hydrogen) atoms. The summed E-state index contributed by atoms with van der Waals surface area (Å²) in [5, 5.41) is 3.11. The Bertz CT molecular complexity index is 635. The molecule has 104 valence electrons. The van der Waals surface area contributed by atoms with Crippen molar-refractivity contribution in [2.75, 3.05) is 6.54 Å². The molecule has 1 aromatic heterocycles. The molecule has 0 aliphatic rings. The van der Waals surface area contributed by atoms with Crippen LogP contribution in [0.1, 0.15) is 25.3 Å². The summed E-state index contributed by atoms with van der Waals surface area (Å²) < 4.78 is 29.7. The van der Waals surface area contributed by atoms with Gasteiger partial charge in [-0.15, -0.1) is 11.3 Å². The molecule has 0 spiro atoms. The second kappa shape index (κ2) is 6.47. The minimum atomic E-state index is -3.39. The molecule has 0 atom stereocenters. The first-order chi connectivity index (χ1) is 9.12. The second-order valence-electron chi connectivity index (χ2n) is 4.33. The molecule has 0 saturated heterocycles. The number of benzene rings is 1. The predicted molar refractivity (Wildman–Crippen MR) is 80.5 cm³/mol. The predicted octanol–water partition coefficient (Wildman–Crippen LogP) is 2.63.